The van der Waals surface area contributed by atoms with Gasteiger partial charge in [-0.15, -0.1) is 0 Å². The zero-order valence-electron chi connectivity index (χ0n) is 9.02. The maximum atomic E-state index is 12.3. The fourth-order valence-electron chi connectivity index (χ4n) is 1.45. The van der Waals surface area contributed by atoms with Crippen LogP contribution in [0.15, 0.2) is 24.3 Å². The third-order valence-electron chi connectivity index (χ3n) is 2.35. The molecular weight excluding hydrogens is 281 g/mol. The number of alkyl halides is 4. The smallest absolute Gasteiger partial charge is 0.166 e. The standard InChI is InChI=1S/C12H14BrF3/c1-9(13)3-2-4-10-5-7-11(8-6-10)12(14,15)16/h5-9H,2-4H2,1H3. The minimum absolute atomic E-state index is 0.460. The van der Waals surface area contributed by atoms with Gasteiger partial charge < -0.3 is 0 Å². The average molecular weight is 295 g/mol. The average Bonchev–Trinajstić information content (AvgIpc) is 2.16. The van der Waals surface area contributed by atoms with E-state index in [1.54, 1.807) is 12.1 Å². The summed E-state index contributed by atoms with van der Waals surface area (Å²) < 4.78 is 36.8. The Morgan fingerprint density at radius 1 is 1.19 bits per heavy atom. The molecule has 16 heavy (non-hydrogen) atoms. The highest BCUT2D eigenvalue weighted by molar-refractivity contribution is 9.09. The molecule has 0 fully saturated rings. The molecule has 1 aromatic rings. The van der Waals surface area contributed by atoms with Gasteiger partial charge in [0.25, 0.3) is 0 Å². The van der Waals surface area contributed by atoms with E-state index in [2.05, 4.69) is 22.9 Å². The molecule has 1 unspecified atom stereocenters. The zero-order valence-corrected chi connectivity index (χ0v) is 10.6. The molecule has 1 aromatic carbocycles. The number of hydrogen-bond donors (Lipinski definition) is 0. The Morgan fingerprint density at radius 3 is 2.19 bits per heavy atom. The summed E-state index contributed by atoms with van der Waals surface area (Å²) in [6.45, 7) is 2.06. The summed E-state index contributed by atoms with van der Waals surface area (Å²) >= 11 is 3.44. The third-order valence-corrected chi connectivity index (χ3v) is 2.81. The molecule has 0 spiro atoms. The van der Waals surface area contributed by atoms with Crippen LogP contribution in [-0.2, 0) is 12.6 Å². The minimum atomic E-state index is -4.23. The van der Waals surface area contributed by atoms with E-state index in [1.807, 2.05) is 0 Å². The molecule has 1 rings (SSSR count). The fraction of sp³-hybridized carbons (Fsp3) is 0.500. The highest BCUT2D eigenvalue weighted by Crippen LogP contribution is 2.29. The van der Waals surface area contributed by atoms with Gasteiger partial charge in [-0.25, -0.2) is 0 Å². The SMILES string of the molecule is CC(Br)CCCc1ccc(C(F)(F)F)cc1. The van der Waals surface area contributed by atoms with Crippen molar-refractivity contribution < 1.29 is 13.2 Å². The molecule has 0 amide bonds. The van der Waals surface area contributed by atoms with E-state index in [1.165, 1.54) is 0 Å². The lowest BCUT2D eigenvalue weighted by Gasteiger charge is -2.08. The normalized spacial score (nSPS) is 13.8. The van der Waals surface area contributed by atoms with Crippen LogP contribution in [0.4, 0.5) is 13.2 Å². The van der Waals surface area contributed by atoms with Crippen LogP contribution < -0.4 is 0 Å². The van der Waals surface area contributed by atoms with Crippen molar-refractivity contribution >= 4 is 15.9 Å². The van der Waals surface area contributed by atoms with Gasteiger partial charge in [-0.3, -0.25) is 0 Å². The predicted molar refractivity (Wildman–Crippen MR) is 62.8 cm³/mol. The third kappa shape index (κ3) is 4.56. The van der Waals surface area contributed by atoms with Crippen molar-refractivity contribution in [3.8, 4) is 0 Å². The van der Waals surface area contributed by atoms with Crippen molar-refractivity contribution in [2.24, 2.45) is 0 Å². The monoisotopic (exact) mass is 294 g/mol. The molecule has 0 heterocycles. The van der Waals surface area contributed by atoms with Gasteiger partial charge >= 0.3 is 6.18 Å². The highest BCUT2D eigenvalue weighted by atomic mass is 79.9. The lowest BCUT2D eigenvalue weighted by Crippen LogP contribution is -2.04. The molecule has 0 nitrogen and oxygen atoms in total. The second-order valence-electron chi connectivity index (χ2n) is 3.87. The van der Waals surface area contributed by atoms with Crippen LogP contribution in [0.1, 0.15) is 30.9 Å². The van der Waals surface area contributed by atoms with E-state index >= 15 is 0 Å². The molecule has 1 atom stereocenters. The fourth-order valence-corrected chi connectivity index (χ4v) is 1.77. The number of benzene rings is 1. The summed E-state index contributed by atoms with van der Waals surface area (Å²) in [6, 6.07) is 5.41. The van der Waals surface area contributed by atoms with Gasteiger partial charge in [0, 0.05) is 4.83 Å². The van der Waals surface area contributed by atoms with E-state index in [9.17, 15) is 13.2 Å². The first kappa shape index (κ1) is 13.6. The second kappa shape index (κ2) is 5.71. The van der Waals surface area contributed by atoms with Crippen molar-refractivity contribution in [3.05, 3.63) is 35.4 Å². The molecule has 0 N–H and O–H groups in total. The first-order valence-electron chi connectivity index (χ1n) is 5.20. The van der Waals surface area contributed by atoms with E-state index < -0.39 is 11.7 Å². The van der Waals surface area contributed by atoms with Gasteiger partial charge in [0.2, 0.25) is 0 Å². The van der Waals surface area contributed by atoms with Crippen molar-refractivity contribution in [1.82, 2.24) is 0 Å². The lowest BCUT2D eigenvalue weighted by molar-refractivity contribution is -0.137. The molecular formula is C12H14BrF3. The maximum absolute atomic E-state index is 12.3. The van der Waals surface area contributed by atoms with Gasteiger partial charge in [0.15, 0.2) is 0 Å². The number of rotatable bonds is 4. The van der Waals surface area contributed by atoms with Crippen LogP contribution in [0.5, 0.6) is 0 Å². The van der Waals surface area contributed by atoms with Crippen LogP contribution in [0.3, 0.4) is 0 Å². The molecule has 90 valence electrons. The van der Waals surface area contributed by atoms with Gasteiger partial charge in [-0.2, -0.15) is 13.2 Å². The first-order chi connectivity index (χ1) is 7.39. The lowest BCUT2D eigenvalue weighted by atomic mass is 10.1. The molecule has 0 aliphatic rings. The van der Waals surface area contributed by atoms with Gasteiger partial charge in [-0.1, -0.05) is 35.0 Å². The van der Waals surface area contributed by atoms with Crippen molar-refractivity contribution in [1.29, 1.82) is 0 Å². The van der Waals surface area contributed by atoms with E-state index in [0.29, 0.717) is 4.83 Å². The minimum Gasteiger partial charge on any atom is -0.166 e. The van der Waals surface area contributed by atoms with E-state index in [-0.39, 0.29) is 0 Å². The Balaban J connectivity index is 2.52. The molecule has 4 heteroatoms. The number of aryl methyl sites for hydroxylation is 1. The Bertz CT molecular complexity index is 314. The van der Waals surface area contributed by atoms with Gasteiger partial charge in [0.05, 0.1) is 5.56 Å². The summed E-state index contributed by atoms with van der Waals surface area (Å²) in [5.74, 6) is 0. The van der Waals surface area contributed by atoms with Crippen LogP contribution in [0.25, 0.3) is 0 Å². The summed E-state index contributed by atoms with van der Waals surface area (Å²) in [5.41, 5.74) is 0.381. The Morgan fingerprint density at radius 2 is 1.75 bits per heavy atom. The molecule has 0 saturated heterocycles. The maximum Gasteiger partial charge on any atom is 0.416 e. The second-order valence-corrected chi connectivity index (χ2v) is 5.43. The van der Waals surface area contributed by atoms with Crippen molar-refractivity contribution in [2.75, 3.05) is 0 Å². The van der Waals surface area contributed by atoms with Crippen LogP contribution >= 0.6 is 15.9 Å². The Hall–Kier alpha value is -0.510. The molecule has 0 aliphatic carbocycles. The van der Waals surface area contributed by atoms with Crippen LogP contribution in [0, 0.1) is 0 Å². The Kier molecular flexibility index (Phi) is 4.84. The van der Waals surface area contributed by atoms with Crippen LogP contribution in [0.2, 0.25) is 0 Å². The topological polar surface area (TPSA) is 0 Å². The van der Waals surface area contributed by atoms with Crippen molar-refractivity contribution in [2.45, 2.75) is 37.2 Å². The van der Waals surface area contributed by atoms with Gasteiger partial charge in [0.1, 0.15) is 0 Å². The zero-order chi connectivity index (χ0) is 12.2. The summed E-state index contributed by atoms with van der Waals surface area (Å²) in [4.78, 5) is 0.460. The van der Waals surface area contributed by atoms with Crippen LogP contribution in [-0.4, -0.2) is 4.83 Å². The van der Waals surface area contributed by atoms with Crippen molar-refractivity contribution in [3.63, 3.8) is 0 Å². The first-order valence-corrected chi connectivity index (χ1v) is 6.11. The molecule has 0 bridgehead atoms. The molecule has 0 saturated carbocycles. The largest absolute Gasteiger partial charge is 0.416 e. The van der Waals surface area contributed by atoms with E-state index in [0.717, 1.165) is 37.0 Å². The molecule has 0 aromatic heterocycles. The van der Waals surface area contributed by atoms with E-state index in [4.69, 9.17) is 0 Å². The van der Waals surface area contributed by atoms with Gasteiger partial charge in [-0.05, 0) is 37.0 Å². The number of hydrogen-bond acceptors (Lipinski definition) is 0. The summed E-state index contributed by atoms with van der Waals surface area (Å²) in [7, 11) is 0. The number of halogens is 4. The summed E-state index contributed by atoms with van der Waals surface area (Å²) in [6.07, 6.45) is -1.39. The Labute approximate surface area is 102 Å². The quantitative estimate of drug-likeness (QED) is 0.699. The predicted octanol–water partition coefficient (Wildman–Crippen LogP) is 4.81. The summed E-state index contributed by atoms with van der Waals surface area (Å²) in [5, 5.41) is 0. The molecule has 0 radical (unpaired) electrons. The highest BCUT2D eigenvalue weighted by Gasteiger charge is 2.29. The molecule has 0 aliphatic heterocycles.